The topological polar surface area (TPSA) is 83.5 Å². The van der Waals surface area contributed by atoms with Gasteiger partial charge in [-0.25, -0.2) is 4.98 Å². The standard InChI is InChI=1S/C24H31N5O2/c1-14(2)11-29-20(25)18(23(30)27-12-15(3)9-16(4)13-27)10-19-22(29)26-21-17(5)7-6-8-28(21)24(19)31/h6-8,10,14-16,25H,9,11-13H2,1-5H3. The first-order chi connectivity index (χ1) is 14.7. The van der Waals surface area contributed by atoms with Gasteiger partial charge in [-0.15, -0.1) is 0 Å². The van der Waals surface area contributed by atoms with Gasteiger partial charge in [0, 0.05) is 25.8 Å². The summed E-state index contributed by atoms with van der Waals surface area (Å²) in [6.07, 6.45) is 2.80. The quantitative estimate of drug-likeness (QED) is 0.659. The molecule has 0 spiro atoms. The lowest BCUT2D eigenvalue weighted by Crippen LogP contribution is -2.45. The average Bonchev–Trinajstić information content (AvgIpc) is 2.69. The highest BCUT2D eigenvalue weighted by molar-refractivity contribution is 5.97. The van der Waals surface area contributed by atoms with Crippen molar-refractivity contribution < 1.29 is 4.79 Å². The van der Waals surface area contributed by atoms with Crippen LogP contribution in [0.15, 0.2) is 29.2 Å². The summed E-state index contributed by atoms with van der Waals surface area (Å²) in [6.45, 7) is 12.2. The van der Waals surface area contributed by atoms with Gasteiger partial charge in [0.15, 0.2) is 0 Å². The fourth-order valence-corrected chi connectivity index (χ4v) is 4.80. The van der Waals surface area contributed by atoms with E-state index in [2.05, 4.69) is 27.7 Å². The van der Waals surface area contributed by atoms with Crippen LogP contribution in [0.25, 0.3) is 16.7 Å². The summed E-state index contributed by atoms with van der Waals surface area (Å²) in [5, 5.41) is 9.25. The predicted molar refractivity (Wildman–Crippen MR) is 121 cm³/mol. The molecule has 4 heterocycles. The number of nitrogens with zero attached hydrogens (tertiary/aromatic N) is 4. The monoisotopic (exact) mass is 421 g/mol. The molecular weight excluding hydrogens is 390 g/mol. The van der Waals surface area contributed by atoms with Crippen molar-refractivity contribution in [1.82, 2.24) is 18.9 Å². The van der Waals surface area contributed by atoms with E-state index in [0.717, 1.165) is 12.0 Å². The minimum absolute atomic E-state index is 0.127. The Kier molecular flexibility index (Phi) is 5.45. The molecule has 0 radical (unpaired) electrons. The molecule has 1 aliphatic heterocycles. The summed E-state index contributed by atoms with van der Waals surface area (Å²) < 4.78 is 3.26. The van der Waals surface area contributed by atoms with Gasteiger partial charge in [-0.1, -0.05) is 33.8 Å². The number of fused-ring (bicyclic) bond motifs is 2. The lowest BCUT2D eigenvalue weighted by atomic mass is 9.91. The van der Waals surface area contributed by atoms with Crippen molar-refractivity contribution in [3.63, 3.8) is 0 Å². The van der Waals surface area contributed by atoms with Crippen LogP contribution in [0.5, 0.6) is 0 Å². The first-order valence-electron chi connectivity index (χ1n) is 11.1. The van der Waals surface area contributed by atoms with E-state index in [9.17, 15) is 9.59 Å². The van der Waals surface area contributed by atoms with Crippen LogP contribution >= 0.6 is 0 Å². The minimum atomic E-state index is -0.212. The van der Waals surface area contributed by atoms with Crippen molar-refractivity contribution in [3.8, 4) is 0 Å². The second kappa shape index (κ2) is 7.94. The molecule has 7 nitrogen and oxygen atoms in total. The number of nitrogens with one attached hydrogen (secondary N) is 1. The van der Waals surface area contributed by atoms with Gasteiger partial charge in [0.1, 0.15) is 16.8 Å². The highest BCUT2D eigenvalue weighted by atomic mass is 16.2. The summed E-state index contributed by atoms with van der Waals surface area (Å²) in [5.41, 5.74) is 2.13. The number of likely N-dealkylation sites (tertiary alicyclic amines) is 1. The van der Waals surface area contributed by atoms with Crippen LogP contribution in [0, 0.1) is 30.1 Å². The molecule has 1 fully saturated rings. The van der Waals surface area contributed by atoms with Gasteiger partial charge in [0.05, 0.1) is 10.9 Å². The smallest absolute Gasteiger partial charge is 0.267 e. The molecule has 164 valence electrons. The number of piperidine rings is 1. The van der Waals surface area contributed by atoms with Gasteiger partial charge in [0.2, 0.25) is 0 Å². The van der Waals surface area contributed by atoms with E-state index in [1.54, 1.807) is 16.8 Å². The maximum Gasteiger partial charge on any atom is 0.267 e. The van der Waals surface area contributed by atoms with Crippen LogP contribution in [-0.2, 0) is 6.54 Å². The summed E-state index contributed by atoms with van der Waals surface area (Å²) in [4.78, 5) is 33.5. The molecule has 31 heavy (non-hydrogen) atoms. The summed E-state index contributed by atoms with van der Waals surface area (Å²) >= 11 is 0. The van der Waals surface area contributed by atoms with E-state index >= 15 is 0 Å². The number of aromatic nitrogens is 3. The zero-order valence-electron chi connectivity index (χ0n) is 19.0. The molecule has 2 atom stereocenters. The molecule has 4 rings (SSSR count). The van der Waals surface area contributed by atoms with Crippen LogP contribution in [0.3, 0.4) is 0 Å². The SMILES string of the molecule is Cc1cccn2c(=O)c3cc(C(=O)N4CC(C)CC(C)C4)c(=N)n(CC(C)C)c3nc12. The lowest BCUT2D eigenvalue weighted by Gasteiger charge is -2.35. The van der Waals surface area contributed by atoms with E-state index in [0.29, 0.717) is 48.2 Å². The van der Waals surface area contributed by atoms with Crippen molar-refractivity contribution in [2.45, 2.75) is 47.6 Å². The van der Waals surface area contributed by atoms with Crippen molar-refractivity contribution in [2.75, 3.05) is 13.1 Å². The fourth-order valence-electron chi connectivity index (χ4n) is 4.80. The Morgan fingerprint density at radius 1 is 1.23 bits per heavy atom. The highest BCUT2D eigenvalue weighted by Gasteiger charge is 2.28. The second-order valence-electron chi connectivity index (χ2n) is 9.61. The first-order valence-corrected chi connectivity index (χ1v) is 11.1. The number of pyridine rings is 2. The van der Waals surface area contributed by atoms with Crippen LogP contribution in [-0.4, -0.2) is 37.8 Å². The Balaban J connectivity index is 1.99. The van der Waals surface area contributed by atoms with Crippen molar-refractivity contribution >= 4 is 22.6 Å². The number of aryl methyl sites for hydroxylation is 1. The largest absolute Gasteiger partial charge is 0.338 e. The molecule has 2 unspecified atom stereocenters. The summed E-state index contributed by atoms with van der Waals surface area (Å²) in [5.74, 6) is 0.903. The molecule has 3 aromatic heterocycles. The number of rotatable bonds is 3. The Morgan fingerprint density at radius 3 is 2.55 bits per heavy atom. The van der Waals surface area contributed by atoms with Gasteiger partial charge in [-0.05, 0) is 48.8 Å². The van der Waals surface area contributed by atoms with Crippen LogP contribution in [0.2, 0.25) is 0 Å². The fraction of sp³-hybridized carbons (Fsp3) is 0.500. The molecule has 0 saturated carbocycles. The van der Waals surface area contributed by atoms with Crippen LogP contribution in [0.4, 0.5) is 0 Å². The third kappa shape index (κ3) is 3.77. The van der Waals surface area contributed by atoms with Crippen molar-refractivity contribution in [3.05, 3.63) is 51.4 Å². The first kappa shape index (κ1) is 21.3. The molecule has 3 aromatic rings. The Morgan fingerprint density at radius 2 is 1.90 bits per heavy atom. The predicted octanol–water partition coefficient (Wildman–Crippen LogP) is 3.21. The van der Waals surface area contributed by atoms with Gasteiger partial charge in [-0.2, -0.15) is 0 Å². The van der Waals surface area contributed by atoms with Gasteiger partial charge in [-0.3, -0.25) is 19.4 Å². The van der Waals surface area contributed by atoms with Crippen molar-refractivity contribution in [2.24, 2.45) is 17.8 Å². The zero-order chi connectivity index (χ0) is 22.4. The minimum Gasteiger partial charge on any atom is -0.338 e. The highest BCUT2D eigenvalue weighted by Crippen LogP contribution is 2.23. The molecule has 7 heteroatoms. The van der Waals surface area contributed by atoms with E-state index < -0.39 is 0 Å². The number of carbonyl (C=O) groups excluding carboxylic acids is 1. The molecule has 1 amide bonds. The van der Waals surface area contributed by atoms with Crippen LogP contribution < -0.4 is 11.0 Å². The normalized spacial score (nSPS) is 19.5. The van der Waals surface area contributed by atoms with Gasteiger partial charge >= 0.3 is 0 Å². The lowest BCUT2D eigenvalue weighted by molar-refractivity contribution is 0.0620. The summed E-state index contributed by atoms with van der Waals surface area (Å²) in [6, 6.07) is 5.32. The van der Waals surface area contributed by atoms with Crippen molar-refractivity contribution in [1.29, 1.82) is 5.41 Å². The number of amides is 1. The van der Waals surface area contributed by atoms with E-state index in [1.807, 2.05) is 24.0 Å². The third-order valence-electron chi connectivity index (χ3n) is 6.07. The van der Waals surface area contributed by atoms with Crippen LogP contribution in [0.1, 0.15) is 50.0 Å². The zero-order valence-corrected chi connectivity index (χ0v) is 19.0. The summed E-state index contributed by atoms with van der Waals surface area (Å²) in [7, 11) is 0. The molecular formula is C24H31N5O2. The van der Waals surface area contributed by atoms with E-state index in [4.69, 9.17) is 10.4 Å². The molecule has 0 aliphatic carbocycles. The molecule has 0 bridgehead atoms. The van der Waals surface area contributed by atoms with Gasteiger partial charge < -0.3 is 9.47 Å². The molecule has 1 N–H and O–H groups in total. The average molecular weight is 422 g/mol. The number of hydrogen-bond acceptors (Lipinski definition) is 4. The van der Waals surface area contributed by atoms with E-state index in [-0.39, 0.29) is 28.4 Å². The Bertz CT molecular complexity index is 1280. The van der Waals surface area contributed by atoms with Gasteiger partial charge in [0.25, 0.3) is 11.5 Å². The number of hydrogen-bond donors (Lipinski definition) is 1. The second-order valence-corrected chi connectivity index (χ2v) is 9.61. The number of carbonyl (C=O) groups is 1. The Labute approximate surface area is 181 Å². The maximum atomic E-state index is 13.5. The third-order valence-corrected chi connectivity index (χ3v) is 6.07. The van der Waals surface area contributed by atoms with E-state index in [1.165, 1.54) is 4.40 Å². The molecule has 0 aromatic carbocycles. The maximum absolute atomic E-state index is 13.5. The Hall–Kier alpha value is -2.96. The molecule has 1 aliphatic rings. The molecule has 1 saturated heterocycles.